The van der Waals surface area contributed by atoms with E-state index in [1.165, 1.54) is 25.7 Å². The summed E-state index contributed by atoms with van der Waals surface area (Å²) in [6.07, 6.45) is 4.82. The Kier molecular flexibility index (Phi) is 18.3. The van der Waals surface area contributed by atoms with Crippen LogP contribution in [0.4, 0.5) is 0 Å². The van der Waals surface area contributed by atoms with Gasteiger partial charge in [-0.2, -0.15) is 0 Å². The van der Waals surface area contributed by atoms with Crippen molar-refractivity contribution in [1.29, 1.82) is 0 Å². The van der Waals surface area contributed by atoms with Crippen LogP contribution in [-0.4, -0.2) is 38.2 Å². The molecule has 0 atom stereocenters. The first-order valence-electron chi connectivity index (χ1n) is 4.93. The monoisotopic (exact) mass is 236 g/mol. The Bertz CT molecular complexity index is 202. The Morgan fingerprint density at radius 3 is 1.53 bits per heavy atom. The fourth-order valence-electron chi connectivity index (χ4n) is 1.16. The number of nitrogens with zero attached hydrogens (tertiary/aromatic N) is 6. The molecule has 0 spiro atoms. The van der Waals surface area contributed by atoms with Crippen LogP contribution < -0.4 is 0 Å². The van der Waals surface area contributed by atoms with E-state index in [-0.39, 0.29) is 18.9 Å². The molecule has 0 saturated heterocycles. The van der Waals surface area contributed by atoms with E-state index in [1.54, 1.807) is 0 Å². The molecular weight excluding hydrogens is 219 g/mol. The average Bonchev–Trinajstić information content (AvgIpc) is 2.21. The SMILES string of the molecule is [LiH].[N-]=[N+]=N[SiH2]CCCCCC[SiH2]N=[N+]=[N-]. The van der Waals surface area contributed by atoms with Crippen molar-refractivity contribution in [3.05, 3.63) is 20.9 Å². The molecule has 0 heterocycles. The van der Waals surface area contributed by atoms with E-state index < -0.39 is 19.4 Å². The molecule has 0 N–H and O–H groups in total. The Labute approximate surface area is 106 Å². The second kappa shape index (κ2) is 16.1. The fraction of sp³-hybridized carbons (Fsp3) is 1.00. The summed E-state index contributed by atoms with van der Waals surface area (Å²) < 4.78 is 7.20. The minimum atomic E-state index is -0.486. The summed E-state index contributed by atoms with van der Waals surface area (Å²) in [5.74, 6) is 0. The van der Waals surface area contributed by atoms with Crippen LogP contribution >= 0.6 is 0 Å². The molecule has 0 aromatic heterocycles. The quantitative estimate of drug-likeness (QED) is 0.191. The summed E-state index contributed by atoms with van der Waals surface area (Å²) in [7, 11) is -0.972. The first-order valence-corrected chi connectivity index (χ1v) is 8.20. The van der Waals surface area contributed by atoms with E-state index in [9.17, 15) is 0 Å². The van der Waals surface area contributed by atoms with Crippen molar-refractivity contribution in [2.75, 3.05) is 0 Å². The smallest absolute Gasteiger partial charge is 0.124 e. The summed E-state index contributed by atoms with van der Waals surface area (Å²) >= 11 is 0. The van der Waals surface area contributed by atoms with Crippen LogP contribution in [0.2, 0.25) is 12.1 Å². The summed E-state index contributed by atoms with van der Waals surface area (Å²) in [5, 5.41) is 0. The molecule has 0 saturated carbocycles. The summed E-state index contributed by atoms with van der Waals surface area (Å²) in [4.78, 5) is 5.50. The zero-order chi connectivity index (χ0) is 10.5. The van der Waals surface area contributed by atoms with Gasteiger partial charge in [0.05, 0.1) is 0 Å². The first kappa shape index (κ1) is 17.1. The fourth-order valence-corrected chi connectivity index (χ4v) is 2.78. The predicted molar refractivity (Wildman–Crippen MR) is 70.6 cm³/mol. The standard InChI is InChI=1S/C6H16N6Si2.Li.H/c7-9-11-13-5-3-1-2-4-6-14-12-10-8;;/h1-6,13-14H2;;. The molecule has 0 bridgehead atoms. The van der Waals surface area contributed by atoms with Gasteiger partial charge in [0.1, 0.15) is 19.4 Å². The Morgan fingerprint density at radius 2 is 1.20 bits per heavy atom. The van der Waals surface area contributed by atoms with Gasteiger partial charge in [0.25, 0.3) is 0 Å². The molecule has 0 aliphatic heterocycles. The minimum absolute atomic E-state index is 0. The first-order chi connectivity index (χ1) is 6.91. The van der Waals surface area contributed by atoms with Crippen molar-refractivity contribution in [2.45, 2.75) is 37.8 Å². The van der Waals surface area contributed by atoms with Crippen molar-refractivity contribution in [2.24, 2.45) is 9.56 Å². The van der Waals surface area contributed by atoms with Gasteiger partial charge in [0.2, 0.25) is 0 Å². The van der Waals surface area contributed by atoms with E-state index in [2.05, 4.69) is 19.4 Å². The number of hydrogen-bond acceptors (Lipinski definition) is 2. The maximum Gasteiger partial charge on any atom is 0.124 e. The van der Waals surface area contributed by atoms with Crippen molar-refractivity contribution in [3.63, 3.8) is 0 Å². The van der Waals surface area contributed by atoms with Gasteiger partial charge in [-0.25, -0.2) is 0 Å². The van der Waals surface area contributed by atoms with E-state index >= 15 is 0 Å². The molecule has 6 nitrogen and oxygen atoms in total. The number of hydrogen-bond donors (Lipinski definition) is 0. The van der Waals surface area contributed by atoms with E-state index in [0.717, 1.165) is 12.1 Å². The van der Waals surface area contributed by atoms with Gasteiger partial charge in [-0.05, 0) is 20.9 Å². The summed E-state index contributed by atoms with van der Waals surface area (Å²) in [5.41, 5.74) is 16.1. The molecule has 9 heteroatoms. The van der Waals surface area contributed by atoms with Gasteiger partial charge >= 0.3 is 18.9 Å². The Hall–Kier alpha value is -0.349. The maximum absolute atomic E-state index is 8.05. The average molecular weight is 236 g/mol. The van der Waals surface area contributed by atoms with Gasteiger partial charge < -0.3 is 0 Å². The second-order valence-corrected chi connectivity index (χ2v) is 5.90. The summed E-state index contributed by atoms with van der Waals surface area (Å²) in [6.45, 7) is 0. The second-order valence-electron chi connectivity index (χ2n) is 3.03. The maximum atomic E-state index is 8.05. The van der Waals surface area contributed by atoms with Crippen LogP contribution in [0.15, 0.2) is 9.56 Å². The normalized spacial score (nSPS) is 9.87. The number of azide groups is 2. The van der Waals surface area contributed by atoms with E-state index in [1.807, 2.05) is 0 Å². The molecule has 0 radical (unpaired) electrons. The Morgan fingerprint density at radius 1 is 0.800 bits per heavy atom. The largest absolute Gasteiger partial charge is 0.132 e. The zero-order valence-electron chi connectivity index (χ0n) is 8.34. The molecule has 80 valence electrons. The summed E-state index contributed by atoms with van der Waals surface area (Å²) in [6, 6.07) is 2.25. The van der Waals surface area contributed by atoms with Crippen LogP contribution in [0.3, 0.4) is 0 Å². The topological polar surface area (TPSA) is 97.5 Å². The molecule has 0 unspecified atom stereocenters. The molecule has 0 rings (SSSR count). The Balaban J connectivity index is 0. The molecular formula is C6H17LiN6Si2. The molecule has 0 aromatic rings. The molecule has 0 amide bonds. The van der Waals surface area contributed by atoms with Crippen molar-refractivity contribution < 1.29 is 0 Å². The van der Waals surface area contributed by atoms with E-state index in [0.29, 0.717) is 0 Å². The van der Waals surface area contributed by atoms with Crippen LogP contribution in [0.1, 0.15) is 25.7 Å². The molecule has 0 aromatic carbocycles. The number of rotatable bonds is 9. The molecule has 0 aliphatic rings. The predicted octanol–water partition coefficient (Wildman–Crippen LogP) is 1.52. The van der Waals surface area contributed by atoms with Crippen LogP contribution in [0.25, 0.3) is 20.9 Å². The van der Waals surface area contributed by atoms with Gasteiger partial charge in [0, 0.05) is 0 Å². The van der Waals surface area contributed by atoms with Crippen LogP contribution in [-0.2, 0) is 0 Å². The molecule has 0 aliphatic carbocycles. The third kappa shape index (κ3) is 16.3. The van der Waals surface area contributed by atoms with E-state index in [4.69, 9.17) is 11.1 Å². The van der Waals surface area contributed by atoms with Gasteiger partial charge in [-0.15, -0.1) is 9.56 Å². The van der Waals surface area contributed by atoms with Gasteiger partial charge in [-0.1, -0.05) is 37.8 Å². The molecule has 15 heavy (non-hydrogen) atoms. The van der Waals surface area contributed by atoms with Crippen molar-refractivity contribution in [1.82, 2.24) is 0 Å². The number of unbranched alkanes of at least 4 members (excludes halogenated alkanes) is 3. The van der Waals surface area contributed by atoms with Crippen LogP contribution in [0.5, 0.6) is 0 Å². The van der Waals surface area contributed by atoms with Crippen LogP contribution in [0, 0.1) is 0 Å². The van der Waals surface area contributed by atoms with Crippen molar-refractivity contribution in [3.8, 4) is 0 Å². The molecule has 0 fully saturated rings. The van der Waals surface area contributed by atoms with Crippen molar-refractivity contribution >= 4 is 38.2 Å². The van der Waals surface area contributed by atoms with Gasteiger partial charge in [0.15, 0.2) is 0 Å². The minimum Gasteiger partial charge on any atom is -0.132 e. The zero-order valence-corrected chi connectivity index (χ0v) is 11.2. The third-order valence-corrected chi connectivity index (χ3v) is 4.18. The van der Waals surface area contributed by atoms with Gasteiger partial charge in [-0.3, -0.25) is 0 Å². The third-order valence-electron chi connectivity index (χ3n) is 1.89.